The van der Waals surface area contributed by atoms with Gasteiger partial charge in [-0.1, -0.05) is 18.2 Å². The van der Waals surface area contributed by atoms with Crippen molar-refractivity contribution in [2.45, 2.75) is 18.1 Å². The number of hydrogen-bond donors (Lipinski definition) is 2. The van der Waals surface area contributed by atoms with Gasteiger partial charge in [-0.2, -0.15) is 0 Å². The Morgan fingerprint density at radius 1 is 1.15 bits per heavy atom. The molecular weight excluding hydrogens is 266 g/mol. The Morgan fingerprint density at radius 3 is 2.05 bits per heavy atom. The van der Waals surface area contributed by atoms with Gasteiger partial charge in [0.2, 0.25) is 5.91 Å². The van der Waals surface area contributed by atoms with E-state index in [0.29, 0.717) is 11.4 Å². The van der Waals surface area contributed by atoms with Crippen molar-refractivity contribution in [1.29, 1.82) is 0 Å². The number of nitrogens with zero attached hydrogens (tertiary/aromatic N) is 1. The molecule has 0 radical (unpaired) electrons. The average Bonchev–Trinajstić information content (AvgIpc) is 2.39. The molecule has 0 saturated heterocycles. The number of carbonyl (C=O) groups is 1. The Morgan fingerprint density at radius 2 is 1.65 bits per heavy atom. The minimum absolute atomic E-state index is 0.388. The second-order valence-electron chi connectivity index (χ2n) is 4.76. The molecule has 5 heteroatoms. The number of nitrogens with two attached hydrogens (primary N) is 2. The predicted octanol–water partition coefficient (Wildman–Crippen LogP) is 1.98. The maximum absolute atomic E-state index is 11.7. The lowest BCUT2D eigenvalue weighted by molar-refractivity contribution is 0.100. The van der Waals surface area contributed by atoms with Crippen molar-refractivity contribution < 1.29 is 4.79 Å². The summed E-state index contributed by atoms with van der Waals surface area (Å²) < 4.78 is 0. The lowest BCUT2D eigenvalue weighted by Gasteiger charge is -2.29. The molecule has 0 aromatic carbocycles. The highest BCUT2D eigenvalue weighted by molar-refractivity contribution is 6.93. The molecule has 0 aliphatic heterocycles. The van der Waals surface area contributed by atoms with Gasteiger partial charge in [-0.15, -0.1) is 19.7 Å². The second-order valence-corrected chi connectivity index (χ2v) is 9.01. The summed E-state index contributed by atoms with van der Waals surface area (Å²) in [7, 11) is -2.16. The molecule has 1 aromatic heterocycles. The van der Waals surface area contributed by atoms with E-state index in [9.17, 15) is 4.79 Å². The molecule has 0 unspecified atom stereocenters. The zero-order valence-corrected chi connectivity index (χ0v) is 12.6. The number of nitrogen functional groups attached to an aromatic ring is 1. The summed E-state index contributed by atoms with van der Waals surface area (Å²) in [5.74, 6) is -0.0966. The Labute approximate surface area is 120 Å². The standard InChI is InChI=1S/C15H21N3OSi/c1-4-9-20(10-5-2,11-6-3)15-12(14(17)19)7-8-13(16)18-15/h4-8H,1-3,9-11H2,(H2,16,18)(H2,17,19). The number of anilines is 1. The zero-order chi connectivity index (χ0) is 15.2. The van der Waals surface area contributed by atoms with Crippen LogP contribution in [0.5, 0.6) is 0 Å². The van der Waals surface area contributed by atoms with Crippen LogP contribution < -0.4 is 16.8 Å². The Balaban J connectivity index is 3.55. The van der Waals surface area contributed by atoms with E-state index in [2.05, 4.69) is 24.7 Å². The van der Waals surface area contributed by atoms with Gasteiger partial charge in [-0.3, -0.25) is 4.79 Å². The van der Waals surface area contributed by atoms with E-state index in [4.69, 9.17) is 11.5 Å². The molecular formula is C15H21N3OSi. The number of amides is 1. The van der Waals surface area contributed by atoms with Gasteiger partial charge in [0.1, 0.15) is 13.9 Å². The summed E-state index contributed by atoms with van der Waals surface area (Å²) in [6, 6.07) is 5.54. The summed E-state index contributed by atoms with van der Waals surface area (Å²) >= 11 is 0. The molecule has 0 bridgehead atoms. The van der Waals surface area contributed by atoms with Crippen LogP contribution in [0.2, 0.25) is 18.1 Å². The van der Waals surface area contributed by atoms with Crippen LogP contribution in [-0.4, -0.2) is 19.0 Å². The van der Waals surface area contributed by atoms with E-state index in [1.54, 1.807) is 12.1 Å². The molecule has 0 atom stereocenters. The Bertz CT molecular complexity index is 513. The first-order valence-electron chi connectivity index (χ1n) is 6.40. The third kappa shape index (κ3) is 3.24. The zero-order valence-electron chi connectivity index (χ0n) is 11.6. The first kappa shape index (κ1) is 15.9. The largest absolute Gasteiger partial charge is 0.384 e. The number of carbonyl (C=O) groups excluding carboxylic acids is 1. The normalized spacial score (nSPS) is 10.8. The smallest absolute Gasteiger partial charge is 0.250 e. The highest BCUT2D eigenvalue weighted by atomic mass is 28.3. The summed E-state index contributed by atoms with van der Waals surface area (Å²) in [6.07, 6.45) is 5.57. The first-order valence-corrected chi connectivity index (χ1v) is 9.02. The highest BCUT2D eigenvalue weighted by Crippen LogP contribution is 2.24. The maximum atomic E-state index is 11.7. The van der Waals surface area contributed by atoms with E-state index in [1.807, 2.05) is 18.2 Å². The lowest BCUT2D eigenvalue weighted by atomic mass is 10.3. The lowest BCUT2D eigenvalue weighted by Crippen LogP contribution is -2.51. The Hall–Kier alpha value is -2.14. The summed E-state index contributed by atoms with van der Waals surface area (Å²) in [4.78, 5) is 16.1. The molecule has 0 spiro atoms. The van der Waals surface area contributed by atoms with Crippen LogP contribution in [0.15, 0.2) is 50.1 Å². The topological polar surface area (TPSA) is 82.0 Å². The fourth-order valence-electron chi connectivity index (χ4n) is 2.45. The Kier molecular flexibility index (Phi) is 5.46. The quantitative estimate of drug-likeness (QED) is 0.566. The minimum atomic E-state index is -2.16. The van der Waals surface area contributed by atoms with Crippen molar-refractivity contribution in [1.82, 2.24) is 4.98 Å². The highest BCUT2D eigenvalue weighted by Gasteiger charge is 2.36. The van der Waals surface area contributed by atoms with Crippen LogP contribution in [0.4, 0.5) is 5.82 Å². The molecule has 1 heterocycles. The van der Waals surface area contributed by atoms with Gasteiger partial charge in [-0.25, -0.2) is 4.98 Å². The molecule has 0 aliphatic carbocycles. The SMILES string of the molecule is C=CC[Si](CC=C)(CC=C)c1nc(N)ccc1C(N)=O. The maximum Gasteiger partial charge on any atom is 0.250 e. The van der Waals surface area contributed by atoms with Crippen LogP contribution in [0.3, 0.4) is 0 Å². The fraction of sp³-hybridized carbons (Fsp3) is 0.200. The number of allylic oxidation sites excluding steroid dienone is 3. The van der Waals surface area contributed by atoms with Crippen LogP contribution in [0, 0.1) is 0 Å². The molecule has 4 N–H and O–H groups in total. The van der Waals surface area contributed by atoms with Gasteiger partial charge in [0, 0.05) is 5.32 Å². The van der Waals surface area contributed by atoms with Crippen molar-refractivity contribution in [3.63, 3.8) is 0 Å². The summed E-state index contributed by atoms with van der Waals surface area (Å²) in [5.41, 5.74) is 11.7. The number of rotatable bonds is 8. The fourth-order valence-corrected chi connectivity index (χ4v) is 6.33. The second kappa shape index (κ2) is 6.86. The van der Waals surface area contributed by atoms with Gasteiger partial charge in [0.25, 0.3) is 0 Å². The van der Waals surface area contributed by atoms with Crippen molar-refractivity contribution in [3.8, 4) is 0 Å². The molecule has 1 aromatic rings. The molecule has 0 fully saturated rings. The molecule has 4 nitrogen and oxygen atoms in total. The predicted molar refractivity (Wildman–Crippen MR) is 87.6 cm³/mol. The van der Waals surface area contributed by atoms with Crippen molar-refractivity contribution in [3.05, 3.63) is 55.7 Å². The number of primary amides is 1. The monoisotopic (exact) mass is 287 g/mol. The first-order chi connectivity index (χ1) is 9.50. The third-order valence-electron chi connectivity index (χ3n) is 3.29. The van der Waals surface area contributed by atoms with Gasteiger partial charge in [0.05, 0.1) is 5.56 Å². The van der Waals surface area contributed by atoms with E-state index in [-0.39, 0.29) is 0 Å². The summed E-state index contributed by atoms with van der Waals surface area (Å²) in [6.45, 7) is 11.5. The van der Waals surface area contributed by atoms with Crippen molar-refractivity contribution in [2.75, 3.05) is 5.73 Å². The third-order valence-corrected chi connectivity index (χ3v) is 7.89. The van der Waals surface area contributed by atoms with Gasteiger partial charge >= 0.3 is 0 Å². The molecule has 20 heavy (non-hydrogen) atoms. The van der Waals surface area contributed by atoms with Gasteiger partial charge in [0.15, 0.2) is 0 Å². The number of pyridine rings is 1. The summed E-state index contributed by atoms with van der Waals surface area (Å²) in [5, 5.41) is 0.727. The van der Waals surface area contributed by atoms with Crippen molar-refractivity contribution in [2.24, 2.45) is 5.73 Å². The average molecular weight is 287 g/mol. The number of aromatic nitrogens is 1. The van der Waals surface area contributed by atoms with E-state index < -0.39 is 14.0 Å². The van der Waals surface area contributed by atoms with Crippen molar-refractivity contribution >= 4 is 25.1 Å². The molecule has 0 saturated carbocycles. The van der Waals surface area contributed by atoms with Crippen LogP contribution in [0.1, 0.15) is 10.4 Å². The van der Waals surface area contributed by atoms with Crippen LogP contribution in [0.25, 0.3) is 0 Å². The molecule has 1 amide bonds. The molecule has 0 aliphatic rings. The van der Waals surface area contributed by atoms with E-state index in [1.165, 1.54) is 0 Å². The van der Waals surface area contributed by atoms with Gasteiger partial charge < -0.3 is 11.5 Å². The minimum Gasteiger partial charge on any atom is -0.384 e. The van der Waals surface area contributed by atoms with Crippen LogP contribution in [-0.2, 0) is 0 Å². The molecule has 1 rings (SSSR count). The van der Waals surface area contributed by atoms with Crippen LogP contribution >= 0.6 is 0 Å². The van der Waals surface area contributed by atoms with E-state index >= 15 is 0 Å². The molecule has 106 valence electrons. The number of hydrogen-bond acceptors (Lipinski definition) is 3. The van der Waals surface area contributed by atoms with Gasteiger partial charge in [-0.05, 0) is 30.3 Å². The van der Waals surface area contributed by atoms with E-state index in [0.717, 1.165) is 23.4 Å².